The van der Waals surface area contributed by atoms with Crippen molar-refractivity contribution in [2.45, 2.75) is 50.5 Å². The van der Waals surface area contributed by atoms with Gasteiger partial charge in [-0.1, -0.05) is 41.4 Å². The quantitative estimate of drug-likeness (QED) is 0.710. The molecular formula is C22H25ClF3N5O. The highest BCUT2D eigenvalue weighted by Gasteiger charge is 2.48. The average molecular weight is 468 g/mol. The van der Waals surface area contributed by atoms with E-state index in [0.29, 0.717) is 19.1 Å². The fourth-order valence-corrected chi connectivity index (χ4v) is 5.33. The van der Waals surface area contributed by atoms with Gasteiger partial charge in [0.1, 0.15) is 10.8 Å². The minimum absolute atomic E-state index is 0.0464. The number of carbonyl (C=O) groups is 1. The van der Waals surface area contributed by atoms with Gasteiger partial charge in [-0.3, -0.25) is 9.69 Å². The van der Waals surface area contributed by atoms with E-state index in [9.17, 15) is 18.0 Å². The molecular weight excluding hydrogens is 443 g/mol. The highest BCUT2D eigenvalue weighted by atomic mass is 35.5. The Bertz CT molecular complexity index is 1020. The number of nitrogens with zero attached hydrogens (tertiary/aromatic N) is 4. The van der Waals surface area contributed by atoms with Crippen molar-refractivity contribution in [3.63, 3.8) is 0 Å². The Morgan fingerprint density at radius 2 is 1.94 bits per heavy atom. The van der Waals surface area contributed by atoms with Crippen LogP contribution < -0.4 is 5.32 Å². The highest BCUT2D eigenvalue weighted by Crippen LogP contribution is 2.46. The van der Waals surface area contributed by atoms with Crippen LogP contribution in [0.3, 0.4) is 0 Å². The third kappa shape index (κ3) is 3.75. The number of rotatable bonds is 2. The molecule has 3 aliphatic rings. The molecule has 2 fully saturated rings. The number of amides is 1. The van der Waals surface area contributed by atoms with Crippen molar-refractivity contribution in [2.75, 3.05) is 31.5 Å². The first-order valence-electron chi connectivity index (χ1n) is 10.9. The summed E-state index contributed by atoms with van der Waals surface area (Å²) in [5, 5.41) is 7.16. The van der Waals surface area contributed by atoms with Crippen LogP contribution in [0.1, 0.15) is 53.0 Å². The number of aromatic nitrogens is 2. The van der Waals surface area contributed by atoms with E-state index in [0.717, 1.165) is 41.7 Å². The third-order valence-corrected chi connectivity index (χ3v) is 7.21. The summed E-state index contributed by atoms with van der Waals surface area (Å²) in [7, 11) is 0. The van der Waals surface area contributed by atoms with E-state index in [-0.39, 0.29) is 23.0 Å². The van der Waals surface area contributed by atoms with Crippen LogP contribution in [-0.4, -0.2) is 63.9 Å². The lowest BCUT2D eigenvalue weighted by molar-refractivity contribution is -0.173. The zero-order valence-corrected chi connectivity index (χ0v) is 18.5. The van der Waals surface area contributed by atoms with Crippen LogP contribution in [0.25, 0.3) is 0 Å². The molecule has 3 unspecified atom stereocenters. The first-order valence-corrected chi connectivity index (χ1v) is 11.3. The summed E-state index contributed by atoms with van der Waals surface area (Å²) in [6.07, 6.45) is -2.63. The van der Waals surface area contributed by atoms with E-state index < -0.39 is 24.2 Å². The SMILES string of the molecule is Cc1ccc(C2CC(C(F)(F)F)n3nc(C(=O)N4CCN5CCCC5C4)c(Cl)c3N2)cc1. The van der Waals surface area contributed by atoms with Crippen molar-refractivity contribution in [1.29, 1.82) is 0 Å². The molecule has 1 amide bonds. The third-order valence-electron chi connectivity index (χ3n) is 6.85. The van der Waals surface area contributed by atoms with E-state index in [1.54, 1.807) is 4.90 Å². The predicted octanol–water partition coefficient (Wildman–Crippen LogP) is 4.43. The van der Waals surface area contributed by atoms with Gasteiger partial charge in [0.25, 0.3) is 5.91 Å². The zero-order valence-electron chi connectivity index (χ0n) is 17.7. The van der Waals surface area contributed by atoms with Gasteiger partial charge in [0.05, 0.1) is 6.04 Å². The van der Waals surface area contributed by atoms with Crippen LogP contribution in [0.15, 0.2) is 24.3 Å². The number of fused-ring (bicyclic) bond motifs is 2. The van der Waals surface area contributed by atoms with E-state index in [4.69, 9.17) is 11.6 Å². The summed E-state index contributed by atoms with van der Waals surface area (Å²) in [5.41, 5.74) is 1.65. The van der Waals surface area contributed by atoms with E-state index >= 15 is 0 Å². The molecule has 3 aliphatic heterocycles. The minimum atomic E-state index is -4.52. The first-order chi connectivity index (χ1) is 15.2. The lowest BCUT2D eigenvalue weighted by atomic mass is 9.96. The summed E-state index contributed by atoms with van der Waals surface area (Å²) < 4.78 is 42.8. The van der Waals surface area contributed by atoms with Gasteiger partial charge in [0.15, 0.2) is 11.7 Å². The molecule has 0 radical (unpaired) electrons. The molecule has 2 saturated heterocycles. The Kier molecular flexibility index (Phi) is 5.36. The number of hydrogen-bond acceptors (Lipinski definition) is 4. The van der Waals surface area contributed by atoms with Crippen molar-refractivity contribution < 1.29 is 18.0 Å². The number of benzene rings is 1. The second-order valence-corrected chi connectivity index (χ2v) is 9.32. The minimum Gasteiger partial charge on any atom is -0.362 e. The van der Waals surface area contributed by atoms with Crippen LogP contribution in [-0.2, 0) is 0 Å². The smallest absolute Gasteiger partial charge is 0.362 e. The van der Waals surface area contributed by atoms with Gasteiger partial charge in [-0.15, -0.1) is 0 Å². The topological polar surface area (TPSA) is 53.4 Å². The van der Waals surface area contributed by atoms with Gasteiger partial charge in [-0.25, -0.2) is 4.68 Å². The maximum Gasteiger partial charge on any atom is 0.410 e. The second kappa shape index (κ2) is 7.95. The summed E-state index contributed by atoms with van der Waals surface area (Å²) in [5.74, 6) is -0.355. The Hall–Kier alpha value is -2.26. The summed E-state index contributed by atoms with van der Waals surface area (Å²) in [6, 6.07) is 5.21. The Labute approximate surface area is 189 Å². The van der Waals surface area contributed by atoms with Crippen molar-refractivity contribution in [3.8, 4) is 0 Å². The van der Waals surface area contributed by atoms with E-state index in [2.05, 4.69) is 15.3 Å². The van der Waals surface area contributed by atoms with Crippen LogP contribution in [0.4, 0.5) is 19.0 Å². The maximum atomic E-state index is 14.0. The van der Waals surface area contributed by atoms with Gasteiger partial charge in [0, 0.05) is 32.1 Å². The zero-order chi connectivity index (χ0) is 22.6. The standard InChI is InChI=1S/C22H25ClF3N5O/c1-13-4-6-14(7-5-13)16-11-17(22(24,25)26)31-20(27-16)18(23)19(28-31)21(32)30-10-9-29-8-2-3-15(29)12-30/h4-7,15-17,27H,2-3,8-12H2,1H3. The van der Waals surface area contributed by atoms with Gasteiger partial charge < -0.3 is 10.2 Å². The molecule has 0 aliphatic carbocycles. The van der Waals surface area contributed by atoms with Crippen LogP contribution >= 0.6 is 11.6 Å². The largest absolute Gasteiger partial charge is 0.410 e. The molecule has 0 bridgehead atoms. The van der Waals surface area contributed by atoms with Gasteiger partial charge in [-0.05, 0) is 31.9 Å². The normalized spacial score (nSPS) is 25.9. The number of halogens is 4. The average Bonchev–Trinajstić information content (AvgIpc) is 3.36. The number of alkyl halides is 3. The lowest BCUT2D eigenvalue weighted by Gasteiger charge is -2.37. The number of nitrogens with one attached hydrogen (secondary N) is 1. The van der Waals surface area contributed by atoms with Crippen LogP contribution in [0, 0.1) is 6.92 Å². The summed E-state index contributed by atoms with van der Waals surface area (Å²) in [6.45, 7) is 4.80. The van der Waals surface area contributed by atoms with Crippen molar-refractivity contribution in [2.24, 2.45) is 0 Å². The molecule has 6 nitrogen and oxygen atoms in total. The van der Waals surface area contributed by atoms with E-state index in [1.807, 2.05) is 31.2 Å². The monoisotopic (exact) mass is 467 g/mol. The molecule has 4 heterocycles. The molecule has 0 saturated carbocycles. The van der Waals surface area contributed by atoms with Crippen LogP contribution in [0.2, 0.25) is 5.02 Å². The van der Waals surface area contributed by atoms with Crippen molar-refractivity contribution in [3.05, 3.63) is 46.1 Å². The molecule has 5 rings (SSSR count). The molecule has 32 heavy (non-hydrogen) atoms. The summed E-state index contributed by atoms with van der Waals surface area (Å²) >= 11 is 6.49. The fraction of sp³-hybridized carbons (Fsp3) is 0.545. The number of hydrogen-bond donors (Lipinski definition) is 1. The maximum absolute atomic E-state index is 14.0. The summed E-state index contributed by atoms with van der Waals surface area (Å²) in [4.78, 5) is 17.2. The van der Waals surface area contributed by atoms with Gasteiger partial charge >= 0.3 is 6.18 Å². The van der Waals surface area contributed by atoms with E-state index in [1.165, 1.54) is 0 Å². The Morgan fingerprint density at radius 1 is 1.19 bits per heavy atom. The number of anilines is 1. The molecule has 1 N–H and O–H groups in total. The Morgan fingerprint density at radius 3 is 2.66 bits per heavy atom. The van der Waals surface area contributed by atoms with Gasteiger partial charge in [0.2, 0.25) is 0 Å². The molecule has 0 spiro atoms. The fourth-order valence-electron chi connectivity index (χ4n) is 5.07. The Balaban J connectivity index is 1.47. The second-order valence-electron chi connectivity index (χ2n) is 8.94. The number of carbonyl (C=O) groups excluding carboxylic acids is 1. The number of piperazine rings is 1. The van der Waals surface area contributed by atoms with Gasteiger partial charge in [-0.2, -0.15) is 18.3 Å². The molecule has 2 aromatic rings. The molecule has 3 atom stereocenters. The van der Waals surface area contributed by atoms with Crippen molar-refractivity contribution >= 4 is 23.3 Å². The van der Waals surface area contributed by atoms with Crippen molar-refractivity contribution in [1.82, 2.24) is 19.6 Å². The molecule has 172 valence electrons. The predicted molar refractivity (Wildman–Crippen MR) is 115 cm³/mol. The molecule has 10 heteroatoms. The molecule has 1 aromatic carbocycles. The van der Waals surface area contributed by atoms with Crippen LogP contribution in [0.5, 0.6) is 0 Å². The number of aryl methyl sites for hydroxylation is 1. The first kappa shape index (κ1) is 21.6. The lowest BCUT2D eigenvalue weighted by Crippen LogP contribution is -2.52. The highest BCUT2D eigenvalue weighted by molar-refractivity contribution is 6.36. The molecule has 1 aromatic heterocycles.